The molecule has 4 atom stereocenters. The Morgan fingerprint density at radius 1 is 1.05 bits per heavy atom. The second kappa shape index (κ2) is 6.37. The minimum absolute atomic E-state index is 0.340. The van der Waals surface area contributed by atoms with Crippen molar-refractivity contribution in [1.29, 1.82) is 0 Å². The van der Waals surface area contributed by atoms with Gasteiger partial charge in [-0.2, -0.15) is 11.3 Å². The number of ether oxygens (including phenoxy) is 1. The van der Waals surface area contributed by atoms with Crippen LogP contribution in [-0.4, -0.2) is 44.8 Å². The summed E-state index contributed by atoms with van der Waals surface area (Å²) >= 11 is 2.93. The monoisotopic (exact) mass is 324 g/mol. The molecular formula is C15H16O4S2. The van der Waals surface area contributed by atoms with Gasteiger partial charge in [0.25, 0.3) is 0 Å². The highest BCUT2D eigenvalue weighted by Crippen LogP contribution is 2.31. The van der Waals surface area contributed by atoms with Crippen LogP contribution < -0.4 is 4.74 Å². The summed E-state index contributed by atoms with van der Waals surface area (Å²) in [4.78, 5) is 0. The first-order chi connectivity index (χ1) is 10.1. The topological polar surface area (TPSA) is 69.9 Å². The Balaban J connectivity index is 1.75. The molecule has 1 aliphatic heterocycles. The molecule has 4 nitrogen and oxygen atoms in total. The lowest BCUT2D eigenvalue weighted by Crippen LogP contribution is -2.50. The molecule has 0 unspecified atom stereocenters. The largest absolute Gasteiger partial charge is 0.477 e. The van der Waals surface area contributed by atoms with Crippen LogP contribution in [0.5, 0.6) is 5.75 Å². The molecule has 0 amide bonds. The molecule has 1 fully saturated rings. The molecule has 3 N–H and O–H groups in total. The summed E-state index contributed by atoms with van der Waals surface area (Å²) in [5.74, 6) is 0.978. The van der Waals surface area contributed by atoms with Crippen LogP contribution in [0.3, 0.4) is 0 Å². The third-order valence-electron chi connectivity index (χ3n) is 3.40. The van der Waals surface area contributed by atoms with Crippen LogP contribution in [0, 0.1) is 0 Å². The van der Waals surface area contributed by atoms with Gasteiger partial charge in [0.1, 0.15) is 18.0 Å². The summed E-state index contributed by atoms with van der Waals surface area (Å²) in [6, 6.07) is 9.66. The average molecular weight is 324 g/mol. The van der Waals surface area contributed by atoms with Crippen molar-refractivity contribution in [1.82, 2.24) is 0 Å². The zero-order valence-electron chi connectivity index (χ0n) is 11.1. The van der Waals surface area contributed by atoms with Gasteiger partial charge in [-0.15, -0.1) is 11.8 Å². The van der Waals surface area contributed by atoms with Crippen LogP contribution in [0.2, 0.25) is 0 Å². The fraction of sp³-hybridized carbons (Fsp3) is 0.333. The number of rotatable bonds is 3. The molecule has 0 saturated carbocycles. The van der Waals surface area contributed by atoms with Gasteiger partial charge in [-0.1, -0.05) is 12.1 Å². The number of thiophene rings is 1. The van der Waals surface area contributed by atoms with E-state index >= 15 is 0 Å². The number of aliphatic hydroxyl groups excluding tert-OH is 3. The van der Waals surface area contributed by atoms with E-state index in [4.69, 9.17) is 4.74 Å². The molecule has 0 bridgehead atoms. The SMILES string of the molecule is O[C@@H]1[C@@H](O)[C@H](Oc2cccc(-c3ccsc3)c2)SC[C@H]1O. The van der Waals surface area contributed by atoms with Gasteiger partial charge in [-0.05, 0) is 40.1 Å². The van der Waals surface area contributed by atoms with Crippen molar-refractivity contribution >= 4 is 23.1 Å². The first-order valence-corrected chi connectivity index (χ1v) is 8.59. The van der Waals surface area contributed by atoms with Crippen molar-refractivity contribution in [3.05, 3.63) is 41.1 Å². The van der Waals surface area contributed by atoms with Crippen LogP contribution in [-0.2, 0) is 0 Å². The molecule has 2 aromatic rings. The van der Waals surface area contributed by atoms with Crippen LogP contribution >= 0.6 is 23.1 Å². The average Bonchev–Trinajstić information content (AvgIpc) is 3.03. The lowest BCUT2D eigenvalue weighted by molar-refractivity contribution is -0.0786. The normalized spacial score (nSPS) is 29.3. The molecule has 0 radical (unpaired) electrons. The quantitative estimate of drug-likeness (QED) is 0.805. The molecule has 0 aliphatic carbocycles. The molecule has 1 saturated heterocycles. The maximum atomic E-state index is 9.97. The fourth-order valence-electron chi connectivity index (χ4n) is 2.19. The number of hydrogen-bond donors (Lipinski definition) is 3. The molecule has 1 aromatic carbocycles. The second-order valence-corrected chi connectivity index (χ2v) is 6.82. The predicted octanol–water partition coefficient (Wildman–Crippen LogP) is 1.95. The lowest BCUT2D eigenvalue weighted by Gasteiger charge is -2.34. The van der Waals surface area contributed by atoms with E-state index in [0.717, 1.165) is 11.1 Å². The van der Waals surface area contributed by atoms with E-state index in [0.29, 0.717) is 11.5 Å². The predicted molar refractivity (Wildman–Crippen MR) is 84.6 cm³/mol. The third kappa shape index (κ3) is 3.25. The highest BCUT2D eigenvalue weighted by Gasteiger charge is 2.38. The van der Waals surface area contributed by atoms with Crippen LogP contribution in [0.25, 0.3) is 11.1 Å². The van der Waals surface area contributed by atoms with Gasteiger partial charge in [-0.3, -0.25) is 0 Å². The van der Waals surface area contributed by atoms with Crippen molar-refractivity contribution in [2.24, 2.45) is 0 Å². The van der Waals surface area contributed by atoms with E-state index < -0.39 is 23.7 Å². The molecule has 21 heavy (non-hydrogen) atoms. The zero-order chi connectivity index (χ0) is 14.8. The molecular weight excluding hydrogens is 308 g/mol. The van der Waals surface area contributed by atoms with Gasteiger partial charge >= 0.3 is 0 Å². The van der Waals surface area contributed by atoms with Crippen LogP contribution in [0.1, 0.15) is 0 Å². The van der Waals surface area contributed by atoms with Crippen LogP contribution in [0.15, 0.2) is 41.1 Å². The number of hydrogen-bond acceptors (Lipinski definition) is 6. The van der Waals surface area contributed by atoms with E-state index in [-0.39, 0.29) is 0 Å². The van der Waals surface area contributed by atoms with Gasteiger partial charge in [0, 0.05) is 5.75 Å². The molecule has 112 valence electrons. The Labute approximate surface area is 131 Å². The van der Waals surface area contributed by atoms with Crippen molar-refractivity contribution in [2.45, 2.75) is 23.7 Å². The second-order valence-electron chi connectivity index (χ2n) is 4.91. The van der Waals surface area contributed by atoms with E-state index in [1.165, 1.54) is 11.8 Å². The van der Waals surface area contributed by atoms with Crippen molar-refractivity contribution < 1.29 is 20.1 Å². The Kier molecular flexibility index (Phi) is 4.51. The van der Waals surface area contributed by atoms with Crippen molar-refractivity contribution in [3.63, 3.8) is 0 Å². The highest BCUT2D eigenvalue weighted by atomic mass is 32.2. The fourth-order valence-corrected chi connectivity index (χ4v) is 3.98. The molecule has 1 aromatic heterocycles. The van der Waals surface area contributed by atoms with Gasteiger partial charge in [0.05, 0.1) is 6.10 Å². The standard InChI is InChI=1S/C15H16O4S2/c16-12-8-21-15(14(18)13(12)17)19-11-3-1-2-9(6-11)10-4-5-20-7-10/h1-7,12-18H,8H2/t12-,13+,14-,15-/m1/s1. The Bertz CT molecular complexity index is 587. The Morgan fingerprint density at radius 2 is 1.90 bits per heavy atom. The molecule has 1 aliphatic rings. The Hall–Kier alpha value is -1.05. The van der Waals surface area contributed by atoms with E-state index in [1.54, 1.807) is 11.3 Å². The summed E-state index contributed by atoms with van der Waals surface area (Å²) in [7, 11) is 0. The van der Waals surface area contributed by atoms with Crippen LogP contribution in [0.4, 0.5) is 0 Å². The first-order valence-electron chi connectivity index (χ1n) is 6.60. The molecule has 3 rings (SSSR count). The molecule has 2 heterocycles. The van der Waals surface area contributed by atoms with Gasteiger partial charge in [-0.25, -0.2) is 0 Å². The maximum absolute atomic E-state index is 9.97. The minimum Gasteiger partial charge on any atom is -0.477 e. The summed E-state index contributed by atoms with van der Waals surface area (Å²) in [6.45, 7) is 0. The van der Waals surface area contributed by atoms with Crippen molar-refractivity contribution in [3.8, 4) is 16.9 Å². The summed E-state index contributed by atoms with van der Waals surface area (Å²) in [6.07, 6.45) is -3.19. The Morgan fingerprint density at radius 3 is 2.67 bits per heavy atom. The third-order valence-corrected chi connectivity index (χ3v) is 5.32. The summed E-state index contributed by atoms with van der Waals surface area (Å²) < 4.78 is 5.77. The maximum Gasteiger partial charge on any atom is 0.173 e. The zero-order valence-corrected chi connectivity index (χ0v) is 12.8. The molecule has 0 spiro atoms. The summed E-state index contributed by atoms with van der Waals surface area (Å²) in [5, 5.41) is 33.3. The van der Waals surface area contributed by atoms with Gasteiger partial charge < -0.3 is 20.1 Å². The van der Waals surface area contributed by atoms with Crippen molar-refractivity contribution in [2.75, 3.05) is 5.75 Å². The number of benzene rings is 1. The smallest absolute Gasteiger partial charge is 0.173 e. The first kappa shape index (κ1) is 14.9. The van der Waals surface area contributed by atoms with E-state index in [2.05, 4.69) is 5.38 Å². The number of thioether (sulfide) groups is 1. The number of aliphatic hydroxyl groups is 3. The van der Waals surface area contributed by atoms with E-state index in [1.807, 2.05) is 35.7 Å². The summed E-state index contributed by atoms with van der Waals surface area (Å²) in [5.41, 5.74) is 1.59. The van der Waals surface area contributed by atoms with Gasteiger partial charge in [0.15, 0.2) is 5.44 Å². The molecule has 6 heteroatoms. The lowest BCUT2D eigenvalue weighted by atomic mass is 10.1. The minimum atomic E-state index is -1.17. The van der Waals surface area contributed by atoms with E-state index in [9.17, 15) is 15.3 Å². The highest BCUT2D eigenvalue weighted by molar-refractivity contribution is 7.99. The van der Waals surface area contributed by atoms with Gasteiger partial charge in [0.2, 0.25) is 0 Å².